The highest BCUT2D eigenvalue weighted by molar-refractivity contribution is 5.97. The number of hydrogen-bond donors (Lipinski definition) is 5. The molecular weight excluding hydrogens is 448 g/mol. The number of nitrogen functional groups attached to an aromatic ring is 1. The maximum absolute atomic E-state index is 12.9. The van der Waals surface area contributed by atoms with E-state index < -0.39 is 5.97 Å². The van der Waals surface area contributed by atoms with Gasteiger partial charge in [0.25, 0.3) is 5.91 Å². The zero-order chi connectivity index (χ0) is 25.5. The number of nitrogens with one attached hydrogen (secondary N) is 3. The number of anilines is 1. The van der Waals surface area contributed by atoms with Crippen molar-refractivity contribution in [3.05, 3.63) is 88.0 Å². The van der Waals surface area contributed by atoms with Crippen LogP contribution in [-0.4, -0.2) is 37.0 Å². The van der Waals surface area contributed by atoms with E-state index in [-0.39, 0.29) is 23.9 Å². The number of methoxy groups -OCH3 is 2. The first-order valence-electron chi connectivity index (χ1n) is 10.8. The number of benzene rings is 3. The topological polar surface area (TPSA) is 147 Å². The van der Waals surface area contributed by atoms with Gasteiger partial charge < -0.3 is 30.9 Å². The summed E-state index contributed by atoms with van der Waals surface area (Å²) < 4.78 is 10.7. The minimum Gasteiger partial charge on any atom is -0.496 e. The Bertz CT molecular complexity index is 1250. The SMILES string of the molecule is COc1cc(C(=O)NCc2ccc(C(=N)N)cc2NCc2cccc(C(=O)O)c2)cc(OC)c1C. The van der Waals surface area contributed by atoms with E-state index in [2.05, 4.69) is 10.6 Å². The monoisotopic (exact) mass is 476 g/mol. The van der Waals surface area contributed by atoms with Crippen LogP contribution in [0, 0.1) is 12.3 Å². The van der Waals surface area contributed by atoms with Gasteiger partial charge in [-0.2, -0.15) is 0 Å². The Labute approximate surface area is 203 Å². The number of hydrogen-bond acceptors (Lipinski definition) is 6. The Morgan fingerprint density at radius 3 is 2.23 bits per heavy atom. The van der Waals surface area contributed by atoms with Gasteiger partial charge in [-0.15, -0.1) is 0 Å². The van der Waals surface area contributed by atoms with Gasteiger partial charge in [-0.05, 0) is 48.4 Å². The second-order valence-electron chi connectivity index (χ2n) is 7.83. The molecule has 3 rings (SSSR count). The summed E-state index contributed by atoms with van der Waals surface area (Å²) >= 11 is 0. The number of carboxylic acids is 1. The largest absolute Gasteiger partial charge is 0.496 e. The van der Waals surface area contributed by atoms with Crippen LogP contribution in [0.1, 0.15) is 43.0 Å². The second kappa shape index (κ2) is 11.1. The molecule has 0 aliphatic rings. The highest BCUT2D eigenvalue weighted by Gasteiger charge is 2.15. The summed E-state index contributed by atoms with van der Waals surface area (Å²) in [5, 5.41) is 23.1. The Morgan fingerprint density at radius 1 is 0.943 bits per heavy atom. The maximum Gasteiger partial charge on any atom is 0.335 e. The fourth-order valence-corrected chi connectivity index (χ4v) is 3.57. The van der Waals surface area contributed by atoms with E-state index in [0.717, 1.165) is 16.7 Å². The van der Waals surface area contributed by atoms with Crippen LogP contribution in [0.15, 0.2) is 54.6 Å². The molecule has 182 valence electrons. The van der Waals surface area contributed by atoms with Crippen molar-refractivity contribution in [2.24, 2.45) is 5.73 Å². The summed E-state index contributed by atoms with van der Waals surface area (Å²) in [5.74, 6) is -0.302. The molecule has 3 aromatic rings. The molecule has 6 N–H and O–H groups in total. The first kappa shape index (κ1) is 25.1. The van der Waals surface area contributed by atoms with E-state index in [4.69, 9.17) is 20.6 Å². The quantitative estimate of drug-likeness (QED) is 0.222. The molecule has 9 heteroatoms. The standard InChI is InChI=1S/C26H28N4O5/c1-15-22(34-2)11-20(12-23(15)35-3)25(31)30-14-19-8-7-17(24(27)28)10-21(19)29-13-16-5-4-6-18(9-16)26(32)33/h4-12,29H,13-14H2,1-3H3,(H3,27,28)(H,30,31)(H,32,33). The van der Waals surface area contributed by atoms with Gasteiger partial charge in [0.15, 0.2) is 0 Å². The third-order valence-electron chi connectivity index (χ3n) is 5.53. The molecule has 0 fully saturated rings. The summed E-state index contributed by atoms with van der Waals surface area (Å²) in [5.41, 5.74) is 9.76. The molecular formula is C26H28N4O5. The number of aromatic carboxylic acids is 1. The smallest absolute Gasteiger partial charge is 0.335 e. The van der Waals surface area contributed by atoms with Crippen molar-refractivity contribution in [1.82, 2.24) is 5.32 Å². The number of amides is 1. The van der Waals surface area contributed by atoms with Gasteiger partial charge >= 0.3 is 5.97 Å². The van der Waals surface area contributed by atoms with Gasteiger partial charge in [0.1, 0.15) is 17.3 Å². The van der Waals surface area contributed by atoms with E-state index in [1.54, 1.807) is 42.5 Å². The van der Waals surface area contributed by atoms with E-state index in [0.29, 0.717) is 34.9 Å². The molecule has 0 aromatic heterocycles. The summed E-state index contributed by atoms with van der Waals surface area (Å²) in [6, 6.07) is 15.1. The Balaban J connectivity index is 1.80. The predicted molar refractivity (Wildman–Crippen MR) is 134 cm³/mol. The van der Waals surface area contributed by atoms with Crippen molar-refractivity contribution in [2.75, 3.05) is 19.5 Å². The van der Waals surface area contributed by atoms with Crippen LogP contribution in [0.4, 0.5) is 5.69 Å². The molecule has 35 heavy (non-hydrogen) atoms. The van der Waals surface area contributed by atoms with E-state index in [9.17, 15) is 14.7 Å². The van der Waals surface area contributed by atoms with Gasteiger partial charge in [0.05, 0.1) is 19.8 Å². The first-order valence-corrected chi connectivity index (χ1v) is 10.8. The van der Waals surface area contributed by atoms with Gasteiger partial charge in [-0.25, -0.2) is 4.79 Å². The lowest BCUT2D eigenvalue weighted by Gasteiger charge is -2.16. The number of carbonyl (C=O) groups excluding carboxylic acids is 1. The maximum atomic E-state index is 12.9. The molecule has 0 atom stereocenters. The first-order chi connectivity index (χ1) is 16.7. The lowest BCUT2D eigenvalue weighted by atomic mass is 10.1. The molecule has 0 saturated heterocycles. The Kier molecular flexibility index (Phi) is 7.93. The van der Waals surface area contributed by atoms with Crippen molar-refractivity contribution >= 4 is 23.4 Å². The van der Waals surface area contributed by atoms with Crippen LogP contribution in [0.2, 0.25) is 0 Å². The number of ether oxygens (including phenoxy) is 2. The fraction of sp³-hybridized carbons (Fsp3) is 0.192. The minimum atomic E-state index is -1.00. The zero-order valence-electron chi connectivity index (χ0n) is 19.8. The molecule has 3 aromatic carbocycles. The predicted octanol–water partition coefficient (Wildman–Crippen LogP) is 3.54. The van der Waals surface area contributed by atoms with Crippen LogP contribution >= 0.6 is 0 Å². The van der Waals surface area contributed by atoms with Crippen molar-refractivity contribution in [3.8, 4) is 11.5 Å². The van der Waals surface area contributed by atoms with Crippen LogP contribution < -0.4 is 25.8 Å². The molecule has 0 unspecified atom stereocenters. The van der Waals surface area contributed by atoms with E-state index >= 15 is 0 Å². The minimum absolute atomic E-state index is 0.0876. The molecule has 1 amide bonds. The van der Waals surface area contributed by atoms with Crippen molar-refractivity contribution < 1.29 is 24.2 Å². The third kappa shape index (κ3) is 6.08. The molecule has 0 radical (unpaired) electrons. The third-order valence-corrected chi connectivity index (χ3v) is 5.53. The summed E-state index contributed by atoms with van der Waals surface area (Å²) in [7, 11) is 3.06. The summed E-state index contributed by atoms with van der Waals surface area (Å²) in [6.45, 7) is 2.39. The normalized spacial score (nSPS) is 10.4. The van der Waals surface area contributed by atoms with Gasteiger partial charge in [0, 0.05) is 35.5 Å². The molecule has 0 spiro atoms. The number of nitrogens with two attached hydrogens (primary N) is 1. The molecule has 0 saturated carbocycles. The van der Waals surface area contributed by atoms with Crippen LogP contribution in [0.3, 0.4) is 0 Å². The van der Waals surface area contributed by atoms with Gasteiger partial charge in [-0.3, -0.25) is 10.2 Å². The van der Waals surface area contributed by atoms with Crippen molar-refractivity contribution in [1.29, 1.82) is 5.41 Å². The number of carbonyl (C=O) groups is 2. The zero-order valence-corrected chi connectivity index (χ0v) is 19.8. The average molecular weight is 477 g/mol. The Morgan fingerprint density at radius 2 is 1.63 bits per heavy atom. The molecule has 0 aliphatic carbocycles. The van der Waals surface area contributed by atoms with Crippen molar-refractivity contribution in [2.45, 2.75) is 20.0 Å². The lowest BCUT2D eigenvalue weighted by Crippen LogP contribution is -2.24. The van der Waals surface area contributed by atoms with Gasteiger partial charge in [0.2, 0.25) is 0 Å². The molecule has 0 heterocycles. The van der Waals surface area contributed by atoms with Crippen LogP contribution in [0.5, 0.6) is 11.5 Å². The fourth-order valence-electron chi connectivity index (χ4n) is 3.57. The Hall–Kier alpha value is -4.53. The van der Waals surface area contributed by atoms with Crippen LogP contribution in [0.25, 0.3) is 0 Å². The lowest BCUT2D eigenvalue weighted by molar-refractivity contribution is 0.0696. The van der Waals surface area contributed by atoms with E-state index in [1.807, 2.05) is 13.0 Å². The number of amidine groups is 1. The molecule has 0 bridgehead atoms. The average Bonchev–Trinajstić information content (AvgIpc) is 2.86. The highest BCUT2D eigenvalue weighted by Crippen LogP contribution is 2.29. The summed E-state index contributed by atoms with van der Waals surface area (Å²) in [6.07, 6.45) is 0. The number of carboxylic acid groups (broad SMARTS) is 1. The number of rotatable bonds is 10. The van der Waals surface area contributed by atoms with E-state index in [1.165, 1.54) is 20.3 Å². The van der Waals surface area contributed by atoms with Crippen molar-refractivity contribution in [3.63, 3.8) is 0 Å². The second-order valence-corrected chi connectivity index (χ2v) is 7.83. The summed E-state index contributed by atoms with van der Waals surface area (Å²) in [4.78, 5) is 24.1. The highest BCUT2D eigenvalue weighted by atomic mass is 16.5. The molecule has 9 nitrogen and oxygen atoms in total. The van der Waals surface area contributed by atoms with Crippen LogP contribution in [-0.2, 0) is 13.1 Å². The molecule has 0 aliphatic heterocycles. The van der Waals surface area contributed by atoms with Gasteiger partial charge in [-0.1, -0.05) is 24.3 Å².